The maximum atomic E-state index is 8.62. The smallest absolute Gasteiger partial charge is 0.339 e. The van der Waals surface area contributed by atoms with E-state index in [9.17, 15) is 0 Å². The fourth-order valence-corrected chi connectivity index (χ4v) is 1.07. The van der Waals surface area contributed by atoms with Gasteiger partial charge in [0.1, 0.15) is 19.2 Å². The lowest BCUT2D eigenvalue weighted by Crippen LogP contribution is -3.00. The Morgan fingerprint density at radius 1 is 1.06 bits per heavy atom. The molecule has 0 rings (SSSR count). The summed E-state index contributed by atoms with van der Waals surface area (Å²) in [6, 6.07) is 2.18. The molecule has 0 atom stereocenters. The highest BCUT2D eigenvalue weighted by molar-refractivity contribution is 4.66. The van der Waals surface area contributed by atoms with Gasteiger partial charge in [-0.25, -0.2) is 6.57 Å². The van der Waals surface area contributed by atoms with Crippen molar-refractivity contribution in [1.82, 2.24) is 0 Å². The fourth-order valence-electron chi connectivity index (χ4n) is 1.07. The zero-order valence-corrected chi connectivity index (χ0v) is 11.9. The van der Waals surface area contributed by atoms with Gasteiger partial charge in [-0.1, -0.05) is 0 Å². The van der Waals surface area contributed by atoms with Crippen LogP contribution in [0.5, 0.6) is 0 Å². The van der Waals surface area contributed by atoms with E-state index < -0.39 is 0 Å². The van der Waals surface area contributed by atoms with Gasteiger partial charge in [0.05, 0.1) is 28.2 Å². The lowest BCUT2D eigenvalue weighted by Gasteiger charge is -2.31. The molecule has 0 saturated carbocycles. The van der Waals surface area contributed by atoms with Gasteiger partial charge in [-0.2, -0.15) is 5.26 Å². The van der Waals surface area contributed by atoms with Gasteiger partial charge in [0.25, 0.3) is 0 Å². The normalized spacial score (nSPS) is 10.4. The van der Waals surface area contributed by atoms with Crippen molar-refractivity contribution in [2.24, 2.45) is 0 Å². The Kier molecular flexibility index (Phi) is 11.2. The highest BCUT2D eigenvalue weighted by atomic mass is 35.5. The Morgan fingerprint density at radius 3 is 1.88 bits per heavy atom. The van der Waals surface area contributed by atoms with Crippen LogP contribution in [-0.4, -0.2) is 63.5 Å². The van der Waals surface area contributed by atoms with Crippen molar-refractivity contribution in [3.63, 3.8) is 0 Å². The second-order valence-corrected chi connectivity index (χ2v) is 4.93. The molecule has 0 saturated heterocycles. The lowest BCUT2D eigenvalue weighted by molar-refractivity contribution is -0.940. The molecule has 0 aliphatic rings. The molecule has 0 aromatic carbocycles. The van der Waals surface area contributed by atoms with E-state index in [1.165, 1.54) is 0 Å². The standard InChI is InChI=1S/C10H20N4.2ClH/c1-12-10-14(4,5)9-8-13(2,3)7-6-11;;/h7-10H2,2-5H3;2*1H/q+2;;/p-2. The summed E-state index contributed by atoms with van der Waals surface area (Å²) < 4.78 is 1.41. The molecular weight excluding hydrogens is 247 g/mol. The number of nitrogens with zero attached hydrogens (tertiary/aromatic N) is 4. The molecule has 0 spiro atoms. The van der Waals surface area contributed by atoms with Crippen LogP contribution in [0.15, 0.2) is 0 Å². The van der Waals surface area contributed by atoms with E-state index in [0.29, 0.717) is 22.2 Å². The Balaban J connectivity index is -0.000000845. The fraction of sp³-hybridized carbons (Fsp3) is 0.800. The number of likely N-dealkylation sites (N-methyl/N-ethyl adjacent to an activating group) is 2. The van der Waals surface area contributed by atoms with E-state index in [4.69, 9.17) is 11.8 Å². The van der Waals surface area contributed by atoms with Crippen molar-refractivity contribution >= 4 is 0 Å². The van der Waals surface area contributed by atoms with Gasteiger partial charge in [0.2, 0.25) is 0 Å². The largest absolute Gasteiger partial charge is 1.00 e. The Bertz CT molecular complexity index is 235. The first-order chi connectivity index (χ1) is 6.33. The maximum Gasteiger partial charge on any atom is 0.339 e. The molecule has 0 heterocycles. The number of hydrogen-bond donors (Lipinski definition) is 0. The molecule has 0 aliphatic carbocycles. The van der Waals surface area contributed by atoms with E-state index in [-0.39, 0.29) is 24.8 Å². The Hall–Kier alpha value is -0.520. The zero-order valence-electron chi connectivity index (χ0n) is 10.4. The molecule has 0 unspecified atom stereocenters. The monoisotopic (exact) mass is 266 g/mol. The van der Waals surface area contributed by atoms with Crippen molar-refractivity contribution in [2.75, 3.05) is 54.5 Å². The van der Waals surface area contributed by atoms with Crippen LogP contribution in [0.1, 0.15) is 0 Å². The van der Waals surface area contributed by atoms with Crippen LogP contribution >= 0.6 is 0 Å². The second-order valence-electron chi connectivity index (χ2n) is 4.93. The molecule has 16 heavy (non-hydrogen) atoms. The molecule has 0 fully saturated rings. The molecule has 0 aliphatic heterocycles. The lowest BCUT2D eigenvalue weighted by atomic mass is 10.4. The van der Waals surface area contributed by atoms with Crippen molar-refractivity contribution < 1.29 is 33.8 Å². The summed E-state index contributed by atoms with van der Waals surface area (Å²) in [5.74, 6) is 0. The highest BCUT2D eigenvalue weighted by Crippen LogP contribution is 2.02. The van der Waals surface area contributed by atoms with Gasteiger partial charge in [-0.3, -0.25) is 9.33 Å². The maximum absolute atomic E-state index is 8.62. The van der Waals surface area contributed by atoms with Crippen LogP contribution in [-0.2, 0) is 0 Å². The predicted octanol–water partition coefficient (Wildman–Crippen LogP) is -5.45. The summed E-state index contributed by atoms with van der Waals surface area (Å²) in [6.07, 6.45) is 0. The van der Waals surface area contributed by atoms with Crippen LogP contribution in [0.3, 0.4) is 0 Å². The zero-order chi connectivity index (χ0) is 11.2. The molecule has 0 N–H and O–H groups in total. The third-order valence-corrected chi connectivity index (χ3v) is 2.26. The summed E-state index contributed by atoms with van der Waals surface area (Å²) >= 11 is 0. The quantitative estimate of drug-likeness (QED) is 0.278. The molecule has 0 aromatic heterocycles. The SMILES string of the molecule is [C-]#[N+]C[N+](C)(C)CC[N+](C)(C)CC#N.[Cl-].[Cl-]. The van der Waals surface area contributed by atoms with Gasteiger partial charge in [0, 0.05) is 0 Å². The summed E-state index contributed by atoms with van der Waals surface area (Å²) in [4.78, 5) is 3.40. The van der Waals surface area contributed by atoms with Gasteiger partial charge >= 0.3 is 6.67 Å². The summed E-state index contributed by atoms with van der Waals surface area (Å²) in [6.45, 7) is 9.71. The summed E-state index contributed by atoms with van der Waals surface area (Å²) in [5, 5.41) is 8.62. The van der Waals surface area contributed by atoms with Crippen molar-refractivity contribution in [2.45, 2.75) is 0 Å². The van der Waals surface area contributed by atoms with Gasteiger partial charge in [0.15, 0.2) is 6.54 Å². The van der Waals surface area contributed by atoms with E-state index >= 15 is 0 Å². The molecule has 0 aromatic rings. The number of quaternary nitrogens is 2. The third-order valence-electron chi connectivity index (χ3n) is 2.26. The molecule has 0 bridgehead atoms. The molecule has 6 heteroatoms. The van der Waals surface area contributed by atoms with Crippen LogP contribution in [0.2, 0.25) is 0 Å². The van der Waals surface area contributed by atoms with E-state index in [1.54, 1.807) is 0 Å². The second kappa shape index (κ2) is 8.61. The van der Waals surface area contributed by atoms with Crippen LogP contribution in [0, 0.1) is 17.9 Å². The van der Waals surface area contributed by atoms with Crippen molar-refractivity contribution in [1.29, 1.82) is 5.26 Å². The Morgan fingerprint density at radius 2 is 1.50 bits per heavy atom. The first-order valence-corrected chi connectivity index (χ1v) is 4.67. The minimum absolute atomic E-state index is 0. The first-order valence-electron chi connectivity index (χ1n) is 4.67. The number of nitriles is 1. The highest BCUT2D eigenvalue weighted by Gasteiger charge is 2.23. The summed E-state index contributed by atoms with van der Waals surface area (Å²) in [7, 11) is 8.18. The van der Waals surface area contributed by atoms with Gasteiger partial charge in [-0.15, -0.1) is 0 Å². The van der Waals surface area contributed by atoms with E-state index in [2.05, 4.69) is 10.9 Å². The molecular formula is C10H20Cl2N4. The van der Waals surface area contributed by atoms with Gasteiger partial charge in [-0.05, 0) is 0 Å². The first kappa shape index (κ1) is 20.8. The molecule has 94 valence electrons. The average Bonchev–Trinajstić information content (AvgIpc) is 2.01. The van der Waals surface area contributed by atoms with Crippen LogP contribution in [0.25, 0.3) is 4.85 Å². The summed E-state index contributed by atoms with van der Waals surface area (Å²) in [5.41, 5.74) is 0. The van der Waals surface area contributed by atoms with E-state index in [0.717, 1.165) is 13.1 Å². The number of halogens is 2. The van der Waals surface area contributed by atoms with Gasteiger partial charge < -0.3 is 29.3 Å². The molecule has 4 nitrogen and oxygen atoms in total. The molecule has 0 amide bonds. The number of hydrogen-bond acceptors (Lipinski definition) is 1. The van der Waals surface area contributed by atoms with E-state index in [1.807, 2.05) is 28.2 Å². The average molecular weight is 267 g/mol. The Labute approximate surface area is 111 Å². The topological polar surface area (TPSA) is 28.1 Å². The minimum atomic E-state index is 0. The molecule has 0 radical (unpaired) electrons. The van der Waals surface area contributed by atoms with Crippen molar-refractivity contribution in [3.8, 4) is 6.07 Å². The predicted molar refractivity (Wildman–Crippen MR) is 55.9 cm³/mol. The van der Waals surface area contributed by atoms with Crippen LogP contribution in [0.4, 0.5) is 0 Å². The van der Waals surface area contributed by atoms with Crippen molar-refractivity contribution in [3.05, 3.63) is 11.4 Å². The minimum Gasteiger partial charge on any atom is -1.00 e. The number of rotatable bonds is 5. The van der Waals surface area contributed by atoms with Crippen LogP contribution < -0.4 is 24.8 Å². The third kappa shape index (κ3) is 10.0.